The van der Waals surface area contributed by atoms with E-state index >= 15 is 0 Å². The lowest BCUT2D eigenvalue weighted by molar-refractivity contribution is 0.382. The van der Waals surface area contributed by atoms with Crippen molar-refractivity contribution >= 4 is 9.84 Å². The van der Waals surface area contributed by atoms with Crippen LogP contribution in [0.2, 0.25) is 0 Å². The van der Waals surface area contributed by atoms with Crippen LogP contribution in [0.25, 0.3) is 0 Å². The van der Waals surface area contributed by atoms with Crippen LogP contribution in [-0.4, -0.2) is 32.5 Å². The summed E-state index contributed by atoms with van der Waals surface area (Å²) in [5, 5.41) is 3.46. The standard InChI is InChI=1S/C14H29NO2S/c1-3-5-11-18(16,17)12-14(15-10-4-2)13-8-6-7-9-13/h13-15H,3-12H2,1-2H3. The van der Waals surface area contributed by atoms with Gasteiger partial charge in [0.1, 0.15) is 0 Å². The van der Waals surface area contributed by atoms with Crippen LogP contribution in [0.1, 0.15) is 58.8 Å². The molecule has 0 heterocycles. The van der Waals surface area contributed by atoms with Gasteiger partial charge in [0.05, 0.1) is 11.5 Å². The zero-order chi connectivity index (χ0) is 13.4. The Labute approximate surface area is 113 Å². The Morgan fingerprint density at radius 1 is 1.17 bits per heavy atom. The average Bonchev–Trinajstić information content (AvgIpc) is 2.85. The number of unbranched alkanes of at least 4 members (excludes halogenated alkanes) is 1. The highest BCUT2D eigenvalue weighted by Gasteiger charge is 2.28. The van der Waals surface area contributed by atoms with E-state index in [0.29, 0.717) is 17.4 Å². The van der Waals surface area contributed by atoms with Gasteiger partial charge < -0.3 is 5.32 Å². The molecule has 0 aromatic rings. The van der Waals surface area contributed by atoms with Gasteiger partial charge >= 0.3 is 0 Å². The summed E-state index contributed by atoms with van der Waals surface area (Å²) in [4.78, 5) is 0. The predicted molar refractivity (Wildman–Crippen MR) is 77.6 cm³/mol. The minimum Gasteiger partial charge on any atom is -0.313 e. The lowest BCUT2D eigenvalue weighted by Crippen LogP contribution is -2.41. The number of rotatable bonds is 9. The molecule has 1 aliphatic carbocycles. The first kappa shape index (κ1) is 16.0. The summed E-state index contributed by atoms with van der Waals surface area (Å²) >= 11 is 0. The Morgan fingerprint density at radius 2 is 1.83 bits per heavy atom. The SMILES string of the molecule is CCCCS(=O)(=O)CC(NCCC)C1CCCC1. The molecule has 3 nitrogen and oxygen atoms in total. The molecule has 0 aromatic carbocycles. The molecule has 1 saturated carbocycles. The van der Waals surface area contributed by atoms with E-state index in [2.05, 4.69) is 12.2 Å². The van der Waals surface area contributed by atoms with E-state index in [1.165, 1.54) is 25.7 Å². The molecular weight excluding hydrogens is 246 g/mol. The van der Waals surface area contributed by atoms with Crippen LogP contribution in [0.4, 0.5) is 0 Å². The maximum absolute atomic E-state index is 12.1. The Kier molecular flexibility index (Phi) is 7.23. The van der Waals surface area contributed by atoms with Crippen molar-refractivity contribution in [3.8, 4) is 0 Å². The first-order valence-electron chi connectivity index (χ1n) is 7.53. The second-order valence-electron chi connectivity index (χ2n) is 5.57. The van der Waals surface area contributed by atoms with Gasteiger partial charge in [-0.15, -0.1) is 0 Å². The highest BCUT2D eigenvalue weighted by molar-refractivity contribution is 7.91. The van der Waals surface area contributed by atoms with Crippen LogP contribution < -0.4 is 5.32 Å². The zero-order valence-electron chi connectivity index (χ0n) is 12.0. The lowest BCUT2D eigenvalue weighted by Gasteiger charge is -2.24. The predicted octanol–water partition coefficient (Wildman–Crippen LogP) is 2.76. The normalized spacial score (nSPS) is 19.2. The molecule has 0 amide bonds. The fourth-order valence-electron chi connectivity index (χ4n) is 2.77. The fraction of sp³-hybridized carbons (Fsp3) is 1.00. The van der Waals surface area contributed by atoms with E-state index < -0.39 is 9.84 Å². The lowest BCUT2D eigenvalue weighted by atomic mass is 10.00. The van der Waals surface area contributed by atoms with E-state index in [0.717, 1.165) is 25.8 Å². The first-order valence-corrected chi connectivity index (χ1v) is 9.35. The number of hydrogen-bond donors (Lipinski definition) is 1. The fourth-order valence-corrected chi connectivity index (χ4v) is 4.60. The monoisotopic (exact) mass is 275 g/mol. The first-order chi connectivity index (χ1) is 8.59. The molecule has 108 valence electrons. The van der Waals surface area contributed by atoms with E-state index in [-0.39, 0.29) is 6.04 Å². The van der Waals surface area contributed by atoms with Crippen LogP contribution in [0.15, 0.2) is 0 Å². The largest absolute Gasteiger partial charge is 0.313 e. The summed E-state index contributed by atoms with van der Waals surface area (Å²) in [7, 11) is -2.87. The molecule has 0 aliphatic heterocycles. The molecule has 1 atom stereocenters. The van der Waals surface area contributed by atoms with E-state index in [9.17, 15) is 8.42 Å². The van der Waals surface area contributed by atoms with Crippen LogP contribution in [0, 0.1) is 5.92 Å². The Balaban J connectivity index is 2.53. The molecule has 1 unspecified atom stereocenters. The van der Waals surface area contributed by atoms with Gasteiger partial charge in [-0.3, -0.25) is 0 Å². The highest BCUT2D eigenvalue weighted by atomic mass is 32.2. The van der Waals surface area contributed by atoms with Gasteiger partial charge in [0.25, 0.3) is 0 Å². The highest BCUT2D eigenvalue weighted by Crippen LogP contribution is 2.28. The Hall–Kier alpha value is -0.0900. The molecule has 0 saturated heterocycles. The van der Waals surface area contributed by atoms with Crippen LogP contribution >= 0.6 is 0 Å². The van der Waals surface area contributed by atoms with Crippen molar-refractivity contribution < 1.29 is 8.42 Å². The molecule has 1 N–H and O–H groups in total. The van der Waals surface area contributed by atoms with E-state index in [1.54, 1.807) is 0 Å². The number of sulfone groups is 1. The van der Waals surface area contributed by atoms with Gasteiger partial charge in [-0.05, 0) is 38.1 Å². The van der Waals surface area contributed by atoms with Gasteiger partial charge in [-0.25, -0.2) is 8.42 Å². The molecule has 0 spiro atoms. The summed E-state index contributed by atoms with van der Waals surface area (Å²) in [5.41, 5.74) is 0. The van der Waals surface area contributed by atoms with Crippen LogP contribution in [0.3, 0.4) is 0 Å². The smallest absolute Gasteiger partial charge is 0.151 e. The van der Waals surface area contributed by atoms with Crippen molar-refractivity contribution in [3.05, 3.63) is 0 Å². The van der Waals surface area contributed by atoms with Crippen molar-refractivity contribution in [3.63, 3.8) is 0 Å². The maximum atomic E-state index is 12.1. The van der Waals surface area contributed by atoms with Crippen molar-refractivity contribution in [2.45, 2.75) is 64.8 Å². The third-order valence-corrected chi connectivity index (χ3v) is 5.65. The van der Waals surface area contributed by atoms with Crippen molar-refractivity contribution in [1.82, 2.24) is 5.32 Å². The molecular formula is C14H29NO2S. The molecule has 1 aliphatic rings. The second-order valence-corrected chi connectivity index (χ2v) is 7.80. The third kappa shape index (κ3) is 5.70. The molecule has 4 heteroatoms. The third-order valence-electron chi connectivity index (χ3n) is 3.87. The summed E-state index contributed by atoms with van der Waals surface area (Å²) in [6, 6.07) is 0.189. The quantitative estimate of drug-likeness (QED) is 0.704. The number of hydrogen-bond acceptors (Lipinski definition) is 3. The van der Waals surface area contributed by atoms with Gasteiger partial charge in [0, 0.05) is 6.04 Å². The van der Waals surface area contributed by atoms with Crippen molar-refractivity contribution in [2.24, 2.45) is 5.92 Å². The molecule has 0 bridgehead atoms. The van der Waals surface area contributed by atoms with Gasteiger partial charge in [-0.2, -0.15) is 0 Å². The van der Waals surface area contributed by atoms with Crippen LogP contribution in [-0.2, 0) is 9.84 Å². The minimum atomic E-state index is -2.87. The molecule has 0 radical (unpaired) electrons. The molecule has 0 aromatic heterocycles. The van der Waals surface area contributed by atoms with Gasteiger partial charge in [0.15, 0.2) is 9.84 Å². The second kappa shape index (κ2) is 8.16. The van der Waals surface area contributed by atoms with E-state index in [1.807, 2.05) is 6.92 Å². The summed E-state index contributed by atoms with van der Waals surface area (Å²) < 4.78 is 24.2. The van der Waals surface area contributed by atoms with Crippen LogP contribution in [0.5, 0.6) is 0 Å². The summed E-state index contributed by atoms with van der Waals surface area (Å²) in [6.07, 6.45) is 7.75. The zero-order valence-corrected chi connectivity index (χ0v) is 12.8. The summed E-state index contributed by atoms with van der Waals surface area (Å²) in [6.45, 7) is 5.11. The molecule has 18 heavy (non-hydrogen) atoms. The Bertz CT molecular complexity index is 308. The average molecular weight is 275 g/mol. The summed E-state index contributed by atoms with van der Waals surface area (Å²) in [5.74, 6) is 1.28. The van der Waals surface area contributed by atoms with Crippen molar-refractivity contribution in [1.29, 1.82) is 0 Å². The topological polar surface area (TPSA) is 46.2 Å². The molecule has 1 rings (SSSR count). The van der Waals surface area contributed by atoms with E-state index in [4.69, 9.17) is 0 Å². The van der Waals surface area contributed by atoms with Gasteiger partial charge in [-0.1, -0.05) is 33.1 Å². The minimum absolute atomic E-state index is 0.189. The maximum Gasteiger partial charge on any atom is 0.151 e. The Morgan fingerprint density at radius 3 is 2.39 bits per heavy atom. The number of nitrogens with one attached hydrogen (secondary N) is 1. The molecule has 1 fully saturated rings. The van der Waals surface area contributed by atoms with Crippen molar-refractivity contribution in [2.75, 3.05) is 18.1 Å². The van der Waals surface area contributed by atoms with Gasteiger partial charge in [0.2, 0.25) is 0 Å².